The Kier molecular flexibility index (Phi) is 6.49. The van der Waals surface area contributed by atoms with Gasteiger partial charge in [-0.1, -0.05) is 35.9 Å². The van der Waals surface area contributed by atoms with Gasteiger partial charge in [-0.05, 0) is 30.9 Å². The van der Waals surface area contributed by atoms with Crippen molar-refractivity contribution in [3.05, 3.63) is 40.9 Å². The van der Waals surface area contributed by atoms with Crippen molar-refractivity contribution in [2.45, 2.75) is 49.5 Å². The van der Waals surface area contributed by atoms with E-state index in [9.17, 15) is 5.11 Å². The minimum Gasteiger partial charge on any atom is -0.459 e. The van der Waals surface area contributed by atoms with Gasteiger partial charge < -0.3 is 35.1 Å². The van der Waals surface area contributed by atoms with Crippen LogP contribution in [0.4, 0.5) is 0 Å². The van der Waals surface area contributed by atoms with Gasteiger partial charge in [0, 0.05) is 25.0 Å². The van der Waals surface area contributed by atoms with Crippen molar-refractivity contribution in [1.29, 1.82) is 0 Å². The van der Waals surface area contributed by atoms with Crippen molar-refractivity contribution < 1.29 is 24.4 Å². The summed E-state index contributed by atoms with van der Waals surface area (Å²) < 4.78 is 17.2. The third-order valence-electron chi connectivity index (χ3n) is 6.54. The molecular weight excluding hydrogens is 460 g/mol. The highest BCUT2D eigenvalue weighted by molar-refractivity contribution is 6.33. The number of imidazole rings is 1. The smallest absolute Gasteiger partial charge is 0.296 e. The van der Waals surface area contributed by atoms with Gasteiger partial charge in [-0.25, -0.2) is 4.98 Å². The van der Waals surface area contributed by atoms with Crippen molar-refractivity contribution in [1.82, 2.24) is 15.0 Å². The highest BCUT2D eigenvalue weighted by Gasteiger charge is 2.57. The summed E-state index contributed by atoms with van der Waals surface area (Å²) in [6, 6.07) is 9.94. The minimum absolute atomic E-state index is 0.116. The number of halogens is 1. The van der Waals surface area contributed by atoms with Gasteiger partial charge in [0.25, 0.3) is 6.01 Å². The van der Waals surface area contributed by atoms with Gasteiger partial charge in [-0.15, -0.1) is 0 Å². The van der Waals surface area contributed by atoms with E-state index in [4.69, 9.17) is 36.7 Å². The molecule has 1 aliphatic carbocycles. The second-order valence-electron chi connectivity index (χ2n) is 9.07. The third kappa shape index (κ3) is 4.51. The monoisotopic (exact) mass is 488 g/mol. The maximum atomic E-state index is 9.57. The molecule has 2 fully saturated rings. The zero-order valence-corrected chi connectivity index (χ0v) is 19.6. The molecule has 1 saturated heterocycles. The molecule has 2 aromatic heterocycles. The number of benzene rings is 1. The standard InChI is InChI=1S/C24H29ClN4O5/c25-18-11-19-21(29-22(27-19)34-17(12-31)3-1-2-8-30)28-20(18)15-4-6-16(7-5-15)23(26)13-24(14-23)32-9-10-33-24/h4-7,11,17,30-31H,1-3,8-10,12-14,26H2,(H,27,28,29). The molecule has 34 heavy (non-hydrogen) atoms. The predicted molar refractivity (Wildman–Crippen MR) is 127 cm³/mol. The minimum atomic E-state index is -0.517. The number of nitrogens with two attached hydrogens (primary N) is 1. The fraction of sp³-hybridized carbons (Fsp3) is 0.500. The zero-order chi connectivity index (χ0) is 23.8. The Labute approximate surface area is 202 Å². The number of ether oxygens (including phenoxy) is 3. The lowest BCUT2D eigenvalue weighted by Crippen LogP contribution is -2.60. The van der Waals surface area contributed by atoms with Crippen LogP contribution in [-0.4, -0.2) is 63.5 Å². The molecule has 3 heterocycles. The Morgan fingerprint density at radius 3 is 2.53 bits per heavy atom. The quantitative estimate of drug-likeness (QED) is 0.337. The van der Waals surface area contributed by atoms with Crippen LogP contribution in [-0.2, 0) is 15.0 Å². The first-order valence-corrected chi connectivity index (χ1v) is 11.9. The lowest BCUT2D eigenvalue weighted by atomic mass is 9.68. The van der Waals surface area contributed by atoms with Crippen LogP contribution in [0, 0.1) is 0 Å². The molecule has 0 amide bonds. The number of nitrogens with one attached hydrogen (secondary N) is 1. The first-order valence-electron chi connectivity index (χ1n) is 11.6. The number of aliphatic hydroxyl groups excluding tert-OH is 2. The molecule has 2 aliphatic rings. The van der Waals surface area contributed by atoms with Gasteiger partial charge in [0.05, 0.1) is 41.6 Å². The number of unbranched alkanes of at least 4 members (excludes halogenated alkanes) is 1. The molecule has 5 rings (SSSR count). The van der Waals surface area contributed by atoms with Gasteiger partial charge in [0.1, 0.15) is 6.10 Å². The molecule has 1 spiro atoms. The lowest BCUT2D eigenvalue weighted by Gasteiger charge is -2.50. The number of aromatic amines is 1. The number of fused-ring (bicyclic) bond motifs is 1. The highest BCUT2D eigenvalue weighted by Crippen LogP contribution is 2.51. The molecule has 0 radical (unpaired) electrons. The Morgan fingerprint density at radius 1 is 1.12 bits per heavy atom. The molecule has 1 saturated carbocycles. The Balaban J connectivity index is 1.32. The number of rotatable bonds is 9. The van der Waals surface area contributed by atoms with Crippen LogP contribution < -0.4 is 10.5 Å². The van der Waals surface area contributed by atoms with Crippen LogP contribution >= 0.6 is 11.6 Å². The van der Waals surface area contributed by atoms with E-state index in [1.165, 1.54) is 0 Å². The van der Waals surface area contributed by atoms with Crippen LogP contribution in [0.1, 0.15) is 37.7 Å². The van der Waals surface area contributed by atoms with Crippen LogP contribution in [0.3, 0.4) is 0 Å². The van der Waals surface area contributed by atoms with Crippen LogP contribution in [0.15, 0.2) is 30.3 Å². The zero-order valence-electron chi connectivity index (χ0n) is 18.8. The maximum Gasteiger partial charge on any atom is 0.296 e. The molecule has 0 bridgehead atoms. The Bertz CT molecular complexity index is 1140. The average Bonchev–Trinajstić information content (AvgIpc) is 3.44. The van der Waals surface area contributed by atoms with E-state index in [0.29, 0.717) is 60.8 Å². The first-order chi connectivity index (χ1) is 16.4. The Hall–Kier alpha value is -2.27. The Morgan fingerprint density at radius 2 is 1.85 bits per heavy atom. The number of nitrogens with zero attached hydrogens (tertiary/aromatic N) is 2. The van der Waals surface area contributed by atoms with Crippen LogP contribution in [0.2, 0.25) is 5.02 Å². The van der Waals surface area contributed by atoms with Crippen molar-refractivity contribution >= 4 is 22.8 Å². The summed E-state index contributed by atoms with van der Waals surface area (Å²) in [5.41, 5.74) is 9.72. The summed E-state index contributed by atoms with van der Waals surface area (Å²) in [4.78, 5) is 12.1. The molecule has 3 aromatic rings. The molecule has 182 valence electrons. The van der Waals surface area contributed by atoms with Gasteiger partial charge in [0.15, 0.2) is 11.4 Å². The number of pyridine rings is 1. The number of hydrogen-bond acceptors (Lipinski definition) is 8. The largest absolute Gasteiger partial charge is 0.459 e. The maximum absolute atomic E-state index is 9.57. The van der Waals surface area contributed by atoms with Crippen molar-refractivity contribution in [3.63, 3.8) is 0 Å². The molecule has 1 atom stereocenters. The summed E-state index contributed by atoms with van der Waals surface area (Å²) >= 11 is 6.54. The molecule has 1 aromatic carbocycles. The summed E-state index contributed by atoms with van der Waals surface area (Å²) in [6.45, 7) is 1.21. The third-order valence-corrected chi connectivity index (χ3v) is 6.83. The fourth-order valence-electron chi connectivity index (χ4n) is 4.76. The van der Waals surface area contributed by atoms with E-state index < -0.39 is 17.4 Å². The fourth-order valence-corrected chi connectivity index (χ4v) is 5.02. The van der Waals surface area contributed by atoms with Gasteiger partial charge in [-0.3, -0.25) is 0 Å². The van der Waals surface area contributed by atoms with E-state index >= 15 is 0 Å². The summed E-state index contributed by atoms with van der Waals surface area (Å²) in [5, 5.41) is 19.0. The molecule has 1 unspecified atom stereocenters. The van der Waals surface area contributed by atoms with Crippen LogP contribution in [0.5, 0.6) is 6.01 Å². The number of hydrogen-bond donors (Lipinski definition) is 4. The predicted octanol–water partition coefficient (Wildman–Crippen LogP) is 2.87. The normalized spacial score (nSPS) is 19.4. The molecule has 10 heteroatoms. The first kappa shape index (κ1) is 23.5. The highest BCUT2D eigenvalue weighted by atomic mass is 35.5. The molecule has 1 aliphatic heterocycles. The van der Waals surface area contributed by atoms with Crippen LogP contribution in [0.25, 0.3) is 22.4 Å². The summed E-state index contributed by atoms with van der Waals surface area (Å²) in [5.74, 6) is -0.517. The van der Waals surface area contributed by atoms with E-state index in [1.54, 1.807) is 6.07 Å². The summed E-state index contributed by atoms with van der Waals surface area (Å²) in [6.07, 6.45) is 2.88. The molecular formula is C24H29ClN4O5. The van der Waals surface area contributed by atoms with Gasteiger partial charge in [-0.2, -0.15) is 4.98 Å². The second kappa shape index (κ2) is 9.41. The van der Waals surface area contributed by atoms with E-state index in [2.05, 4.69) is 15.0 Å². The SMILES string of the molecule is NC1(c2ccc(-c3nc4nc(OC(CO)CCCCO)[nH]c4cc3Cl)cc2)CC2(C1)OCCO2. The van der Waals surface area contributed by atoms with Crippen molar-refractivity contribution in [2.75, 3.05) is 26.4 Å². The van der Waals surface area contributed by atoms with E-state index in [-0.39, 0.29) is 19.2 Å². The van der Waals surface area contributed by atoms with Gasteiger partial charge in [0.2, 0.25) is 0 Å². The van der Waals surface area contributed by atoms with E-state index in [0.717, 1.165) is 17.5 Å². The number of aromatic nitrogens is 3. The van der Waals surface area contributed by atoms with Gasteiger partial charge >= 0.3 is 0 Å². The number of H-pyrrole nitrogens is 1. The van der Waals surface area contributed by atoms with E-state index in [1.807, 2.05) is 24.3 Å². The lowest BCUT2D eigenvalue weighted by molar-refractivity contribution is -0.239. The molecule has 9 nitrogen and oxygen atoms in total. The van der Waals surface area contributed by atoms with Crippen molar-refractivity contribution in [2.24, 2.45) is 5.73 Å². The summed E-state index contributed by atoms with van der Waals surface area (Å²) in [7, 11) is 0. The topological polar surface area (TPSA) is 136 Å². The molecule has 5 N–H and O–H groups in total. The van der Waals surface area contributed by atoms with Crippen molar-refractivity contribution in [3.8, 4) is 17.3 Å². The average molecular weight is 489 g/mol. The second-order valence-corrected chi connectivity index (χ2v) is 9.48. The number of aliphatic hydroxyl groups is 2.